The zero-order valence-electron chi connectivity index (χ0n) is 20.5. The van der Waals surface area contributed by atoms with Gasteiger partial charge in [0.1, 0.15) is 24.0 Å². The van der Waals surface area contributed by atoms with Crippen LogP contribution in [0.4, 0.5) is 13.2 Å². The fourth-order valence-corrected chi connectivity index (χ4v) is 5.93. The third-order valence-electron chi connectivity index (χ3n) is 7.69. The molecule has 0 bridgehead atoms. The Balaban J connectivity index is 1.41. The van der Waals surface area contributed by atoms with Crippen molar-refractivity contribution >= 4 is 5.97 Å². The predicted octanol–water partition coefficient (Wildman–Crippen LogP) is 8.15. The summed E-state index contributed by atoms with van der Waals surface area (Å²) in [5.74, 6) is -1.61. The second-order valence-electron chi connectivity index (χ2n) is 10.0. The van der Waals surface area contributed by atoms with Crippen molar-refractivity contribution in [1.29, 1.82) is 0 Å². The van der Waals surface area contributed by atoms with Gasteiger partial charge in [-0.2, -0.15) is 0 Å². The molecule has 0 heterocycles. The molecule has 2 aromatic rings. The molecule has 2 fully saturated rings. The smallest absolute Gasteiger partial charge is 0.343 e. The van der Waals surface area contributed by atoms with E-state index in [1.54, 1.807) is 0 Å². The molecule has 4 rings (SSSR count). The molecule has 4 unspecified atom stereocenters. The molecule has 0 aromatic heterocycles. The Bertz CT molecular complexity index is 1090. The topological polar surface area (TPSA) is 35.5 Å². The van der Waals surface area contributed by atoms with Gasteiger partial charge in [-0.15, -0.1) is 6.58 Å². The van der Waals surface area contributed by atoms with E-state index in [0.29, 0.717) is 11.8 Å². The largest absolute Gasteiger partial charge is 0.486 e. The van der Waals surface area contributed by atoms with E-state index in [1.165, 1.54) is 37.5 Å². The number of carbonyl (C=O) groups excluding carboxylic acids is 1. The minimum Gasteiger partial charge on any atom is -0.486 e. The summed E-state index contributed by atoms with van der Waals surface area (Å²) in [7, 11) is 0. The van der Waals surface area contributed by atoms with E-state index >= 15 is 8.78 Å². The highest BCUT2D eigenvalue weighted by Gasteiger charge is 2.37. The Morgan fingerprint density at radius 1 is 0.917 bits per heavy atom. The second kappa shape index (κ2) is 11.8. The average molecular weight is 499 g/mol. The van der Waals surface area contributed by atoms with E-state index in [4.69, 9.17) is 9.47 Å². The lowest BCUT2D eigenvalue weighted by Gasteiger charge is -2.42. The maximum atomic E-state index is 15.1. The van der Waals surface area contributed by atoms with Crippen molar-refractivity contribution in [3.63, 3.8) is 0 Å². The molecule has 2 saturated carbocycles. The van der Waals surface area contributed by atoms with Gasteiger partial charge >= 0.3 is 5.97 Å². The van der Waals surface area contributed by atoms with Gasteiger partial charge in [-0.05, 0) is 92.9 Å². The SMILES string of the molecule is C=CCCC1CCC2CC(c3c(F)cc(C(=O)Oc4ccc(OCC=C)c(F)c4)cc3F)CCC2C1. The highest BCUT2D eigenvalue weighted by atomic mass is 19.1. The standard InChI is InChI=1S/C30H33F3O3/c1-3-5-6-19-7-8-21-15-22(10-9-20(21)14-19)29-26(32)16-23(17-27(29)33)30(34)36-24-11-12-28(25(31)18-24)35-13-4-2/h3-4,11-12,16-22H,1-2,5-10,13-15H2. The molecule has 3 nitrogen and oxygen atoms in total. The summed E-state index contributed by atoms with van der Waals surface area (Å²) in [6.45, 7) is 7.44. The van der Waals surface area contributed by atoms with Crippen molar-refractivity contribution in [2.45, 2.75) is 57.3 Å². The van der Waals surface area contributed by atoms with Crippen molar-refractivity contribution in [1.82, 2.24) is 0 Å². The van der Waals surface area contributed by atoms with Crippen molar-refractivity contribution in [2.24, 2.45) is 17.8 Å². The molecule has 0 aliphatic heterocycles. The Labute approximate surface area is 211 Å². The molecule has 0 amide bonds. The van der Waals surface area contributed by atoms with E-state index in [-0.39, 0.29) is 35.2 Å². The van der Waals surface area contributed by atoms with E-state index < -0.39 is 23.4 Å². The highest BCUT2D eigenvalue weighted by Crippen LogP contribution is 2.49. The van der Waals surface area contributed by atoms with Crippen LogP contribution in [0, 0.1) is 35.2 Å². The fraction of sp³-hybridized carbons (Fsp3) is 0.433. The minimum absolute atomic E-state index is 0.0175. The molecular weight excluding hydrogens is 465 g/mol. The zero-order chi connectivity index (χ0) is 25.7. The zero-order valence-corrected chi connectivity index (χ0v) is 20.5. The molecule has 0 N–H and O–H groups in total. The predicted molar refractivity (Wildman–Crippen MR) is 134 cm³/mol. The number of halogens is 3. The van der Waals surface area contributed by atoms with Crippen LogP contribution in [0.3, 0.4) is 0 Å². The summed E-state index contributed by atoms with van der Waals surface area (Å²) in [5, 5.41) is 0. The summed E-state index contributed by atoms with van der Waals surface area (Å²) in [6.07, 6.45) is 11.6. The molecule has 6 heteroatoms. The molecule has 0 saturated heterocycles. The van der Waals surface area contributed by atoms with Crippen LogP contribution in [0.1, 0.15) is 73.2 Å². The third-order valence-corrected chi connectivity index (χ3v) is 7.69. The van der Waals surface area contributed by atoms with E-state index in [1.807, 2.05) is 6.08 Å². The van der Waals surface area contributed by atoms with Crippen molar-refractivity contribution in [3.8, 4) is 11.5 Å². The van der Waals surface area contributed by atoms with Crippen molar-refractivity contribution < 1.29 is 27.4 Å². The number of esters is 1. The van der Waals surface area contributed by atoms with Gasteiger partial charge < -0.3 is 9.47 Å². The van der Waals surface area contributed by atoms with E-state index in [2.05, 4.69) is 13.2 Å². The number of benzene rings is 2. The molecule has 4 atom stereocenters. The minimum atomic E-state index is -0.958. The first-order valence-electron chi connectivity index (χ1n) is 12.7. The summed E-state index contributed by atoms with van der Waals surface area (Å²) >= 11 is 0. The van der Waals surface area contributed by atoms with Gasteiger partial charge in [-0.3, -0.25) is 0 Å². The van der Waals surface area contributed by atoms with Gasteiger partial charge in [-0.1, -0.05) is 25.2 Å². The van der Waals surface area contributed by atoms with Crippen LogP contribution in [-0.2, 0) is 0 Å². The Morgan fingerprint density at radius 2 is 1.64 bits per heavy atom. The van der Waals surface area contributed by atoms with Crippen LogP contribution in [-0.4, -0.2) is 12.6 Å². The van der Waals surface area contributed by atoms with Gasteiger partial charge in [0.15, 0.2) is 11.6 Å². The summed E-state index contributed by atoms with van der Waals surface area (Å²) in [5.41, 5.74) is -0.189. The number of ether oxygens (including phenoxy) is 2. The maximum absolute atomic E-state index is 15.1. The van der Waals surface area contributed by atoms with Crippen LogP contribution < -0.4 is 9.47 Å². The first-order valence-corrected chi connectivity index (χ1v) is 12.7. The van der Waals surface area contributed by atoms with Crippen LogP contribution in [0.15, 0.2) is 55.6 Å². The number of hydrogen-bond donors (Lipinski definition) is 0. The van der Waals surface area contributed by atoms with Crippen LogP contribution >= 0.6 is 0 Å². The molecule has 2 aliphatic rings. The second-order valence-corrected chi connectivity index (χ2v) is 10.0. The van der Waals surface area contributed by atoms with Gasteiger partial charge in [0.2, 0.25) is 0 Å². The van der Waals surface area contributed by atoms with Crippen molar-refractivity contribution in [3.05, 3.63) is 84.2 Å². The first kappa shape index (κ1) is 26.1. The molecule has 2 aliphatic carbocycles. The van der Waals surface area contributed by atoms with Crippen molar-refractivity contribution in [2.75, 3.05) is 6.61 Å². The van der Waals surface area contributed by atoms with E-state index in [9.17, 15) is 9.18 Å². The highest BCUT2D eigenvalue weighted by molar-refractivity contribution is 5.91. The molecule has 2 aromatic carbocycles. The fourth-order valence-electron chi connectivity index (χ4n) is 5.93. The van der Waals surface area contributed by atoms with Crippen LogP contribution in [0.5, 0.6) is 11.5 Å². The molecule has 192 valence electrons. The molecule has 0 radical (unpaired) electrons. The monoisotopic (exact) mass is 498 g/mol. The summed E-state index contributed by atoms with van der Waals surface area (Å²) in [4.78, 5) is 12.5. The number of hydrogen-bond acceptors (Lipinski definition) is 3. The van der Waals surface area contributed by atoms with Gasteiger partial charge in [0.05, 0.1) is 5.56 Å². The van der Waals surface area contributed by atoms with E-state index in [0.717, 1.165) is 56.2 Å². The lowest BCUT2D eigenvalue weighted by atomic mass is 9.63. The number of fused-ring (bicyclic) bond motifs is 1. The Kier molecular flexibility index (Phi) is 8.55. The van der Waals surface area contributed by atoms with Gasteiger partial charge in [0.25, 0.3) is 0 Å². The Hall–Kier alpha value is -3.02. The quantitative estimate of drug-likeness (QED) is 0.199. The van der Waals surface area contributed by atoms with Crippen LogP contribution in [0.2, 0.25) is 0 Å². The lowest BCUT2D eigenvalue weighted by molar-refractivity contribution is 0.0732. The summed E-state index contributed by atoms with van der Waals surface area (Å²) < 4.78 is 54.7. The molecule has 36 heavy (non-hydrogen) atoms. The Morgan fingerprint density at radius 3 is 2.33 bits per heavy atom. The number of carbonyl (C=O) groups is 1. The lowest BCUT2D eigenvalue weighted by Crippen LogP contribution is -2.31. The number of rotatable bonds is 9. The maximum Gasteiger partial charge on any atom is 0.343 e. The molecule has 0 spiro atoms. The van der Waals surface area contributed by atoms with Gasteiger partial charge in [-0.25, -0.2) is 18.0 Å². The average Bonchev–Trinajstić information content (AvgIpc) is 2.86. The summed E-state index contributed by atoms with van der Waals surface area (Å²) in [6, 6.07) is 5.70. The van der Waals surface area contributed by atoms with Crippen LogP contribution in [0.25, 0.3) is 0 Å². The molecular formula is C30H33F3O3. The normalized spacial score (nSPS) is 23.4. The first-order chi connectivity index (χ1) is 17.4. The van der Waals surface area contributed by atoms with Gasteiger partial charge in [0, 0.05) is 11.6 Å². The number of allylic oxidation sites excluding steroid dienone is 1. The third kappa shape index (κ3) is 6.03.